The van der Waals surface area contributed by atoms with Crippen molar-refractivity contribution in [3.8, 4) is 0 Å². The van der Waals surface area contributed by atoms with Crippen molar-refractivity contribution < 1.29 is 18.8 Å². The third kappa shape index (κ3) is 3.97. The molecule has 2 aliphatic rings. The second-order valence-corrected chi connectivity index (χ2v) is 8.62. The van der Waals surface area contributed by atoms with E-state index in [-0.39, 0.29) is 48.0 Å². The van der Waals surface area contributed by atoms with Crippen LogP contribution in [0.2, 0.25) is 0 Å². The number of carbonyl (C=O) groups excluding carboxylic acids is 3. The van der Waals surface area contributed by atoms with Crippen molar-refractivity contribution in [2.24, 2.45) is 0 Å². The molecule has 2 aliphatic heterocycles. The number of aromatic nitrogens is 2. The number of amides is 3. The van der Waals surface area contributed by atoms with Crippen molar-refractivity contribution in [3.05, 3.63) is 53.1 Å². The lowest BCUT2D eigenvalue weighted by molar-refractivity contribution is -0.132. The number of nitrogens with one attached hydrogen (secondary N) is 1. The first kappa shape index (κ1) is 21.9. The van der Waals surface area contributed by atoms with Crippen LogP contribution in [-0.2, 0) is 17.9 Å². The van der Waals surface area contributed by atoms with Gasteiger partial charge in [0.05, 0.1) is 6.54 Å². The number of fused-ring (bicyclic) bond motifs is 1. The molecule has 3 heterocycles. The monoisotopic (exact) mass is 442 g/mol. The van der Waals surface area contributed by atoms with Crippen molar-refractivity contribution >= 4 is 17.7 Å². The molecular weight excluding hydrogens is 415 g/mol. The van der Waals surface area contributed by atoms with E-state index in [4.69, 9.17) is 0 Å². The van der Waals surface area contributed by atoms with E-state index in [0.717, 1.165) is 18.7 Å². The Kier molecular flexibility index (Phi) is 5.72. The number of piperazine rings is 1. The minimum atomic E-state index is -1.19. The number of hydrogen-bond donors (Lipinski definition) is 1. The summed E-state index contributed by atoms with van der Waals surface area (Å²) in [5, 5.41) is 7.20. The lowest BCUT2D eigenvalue weighted by Gasteiger charge is -2.40. The Morgan fingerprint density at radius 1 is 1.12 bits per heavy atom. The molecule has 0 saturated carbocycles. The van der Waals surface area contributed by atoms with Crippen LogP contribution < -0.4 is 5.32 Å². The Morgan fingerprint density at radius 2 is 1.78 bits per heavy atom. The summed E-state index contributed by atoms with van der Waals surface area (Å²) in [6.45, 7) is 4.77. The zero-order valence-electron chi connectivity index (χ0n) is 18.5. The first-order chi connectivity index (χ1) is 15.2. The van der Waals surface area contributed by atoms with Gasteiger partial charge in [0.1, 0.15) is 17.1 Å². The molecule has 0 aliphatic carbocycles. The van der Waals surface area contributed by atoms with E-state index in [2.05, 4.69) is 15.3 Å². The molecule has 1 fully saturated rings. The Labute approximate surface area is 185 Å². The number of nitrogens with zero attached hydrogens (tertiary/aromatic N) is 5. The van der Waals surface area contributed by atoms with Gasteiger partial charge >= 0.3 is 0 Å². The predicted octanol–water partition coefficient (Wildman–Crippen LogP) is 0.571. The van der Waals surface area contributed by atoms with Crippen LogP contribution in [-0.4, -0.2) is 88.0 Å². The normalized spacial score (nSPS) is 21.4. The fourth-order valence-electron chi connectivity index (χ4n) is 3.98. The van der Waals surface area contributed by atoms with Gasteiger partial charge in [-0.1, -0.05) is 12.1 Å². The van der Waals surface area contributed by atoms with Crippen molar-refractivity contribution in [2.75, 3.05) is 40.3 Å². The Balaban J connectivity index is 1.50. The van der Waals surface area contributed by atoms with Gasteiger partial charge in [-0.3, -0.25) is 19.1 Å². The van der Waals surface area contributed by atoms with Crippen molar-refractivity contribution in [3.63, 3.8) is 0 Å². The average Bonchev–Trinajstić information content (AvgIpc) is 3.20. The van der Waals surface area contributed by atoms with E-state index in [1.165, 1.54) is 27.8 Å². The Hall–Kier alpha value is -3.27. The molecule has 1 aromatic carbocycles. The predicted molar refractivity (Wildman–Crippen MR) is 114 cm³/mol. The molecule has 1 saturated heterocycles. The average molecular weight is 442 g/mol. The zero-order valence-corrected chi connectivity index (χ0v) is 18.5. The number of likely N-dealkylation sites (N-methyl/N-ethyl adjacent to an activating group) is 2. The maximum atomic E-state index is 13.1. The summed E-state index contributed by atoms with van der Waals surface area (Å²) in [4.78, 5) is 44.2. The summed E-state index contributed by atoms with van der Waals surface area (Å²) in [7, 11) is 3.58. The lowest BCUT2D eigenvalue weighted by Crippen LogP contribution is -2.62. The van der Waals surface area contributed by atoms with Crippen molar-refractivity contribution in [2.45, 2.75) is 25.6 Å². The second kappa shape index (κ2) is 8.34. The maximum Gasteiger partial charge on any atom is 0.274 e. The van der Waals surface area contributed by atoms with Crippen molar-refractivity contribution in [1.29, 1.82) is 0 Å². The highest BCUT2D eigenvalue weighted by molar-refractivity contribution is 6.01. The van der Waals surface area contributed by atoms with Gasteiger partial charge in [-0.05, 0) is 31.7 Å². The van der Waals surface area contributed by atoms with Crippen LogP contribution in [0.4, 0.5) is 4.39 Å². The molecule has 9 nitrogen and oxygen atoms in total. The topological polar surface area (TPSA) is 90.8 Å². The highest BCUT2D eigenvalue weighted by Gasteiger charge is 2.46. The van der Waals surface area contributed by atoms with Gasteiger partial charge in [-0.2, -0.15) is 5.10 Å². The number of hydrogen-bond acceptors (Lipinski definition) is 5. The van der Waals surface area contributed by atoms with E-state index >= 15 is 0 Å². The van der Waals surface area contributed by atoms with Crippen LogP contribution in [0, 0.1) is 5.82 Å². The fourth-order valence-corrected chi connectivity index (χ4v) is 3.98. The molecule has 3 amide bonds. The molecule has 10 heteroatoms. The van der Waals surface area contributed by atoms with Crippen LogP contribution in [0.5, 0.6) is 0 Å². The molecule has 1 aromatic heterocycles. The third-order valence-electron chi connectivity index (χ3n) is 6.37. The number of benzene rings is 1. The zero-order chi connectivity index (χ0) is 23.0. The molecule has 1 unspecified atom stereocenters. The number of rotatable bonds is 4. The van der Waals surface area contributed by atoms with E-state index < -0.39 is 5.54 Å². The second-order valence-electron chi connectivity index (χ2n) is 8.62. The summed E-state index contributed by atoms with van der Waals surface area (Å²) in [5.41, 5.74) is 0.0497. The molecule has 0 bridgehead atoms. The summed E-state index contributed by atoms with van der Waals surface area (Å²) in [5.74, 6) is -1.29. The van der Waals surface area contributed by atoms with Crippen LogP contribution in [0.25, 0.3) is 0 Å². The smallest absolute Gasteiger partial charge is 0.274 e. The summed E-state index contributed by atoms with van der Waals surface area (Å²) in [6, 6.07) is 7.35. The molecule has 4 rings (SSSR count). The summed E-state index contributed by atoms with van der Waals surface area (Å²) >= 11 is 0. The van der Waals surface area contributed by atoms with Gasteiger partial charge in [-0.25, -0.2) is 4.39 Å². The standard InChI is InChI=1S/C22H27FN6O3/c1-22(21(32)24-13-15-4-6-16(23)7-5-15)14-29-18(20(31)27(22)3)12-17(25-29)19(30)28-10-8-26(2)9-11-28/h4-7,12H,8-11,13-14H2,1-3H3,(H,24,32). The van der Waals surface area contributed by atoms with Gasteiger partial charge in [0.25, 0.3) is 11.8 Å². The van der Waals surface area contributed by atoms with Gasteiger partial charge < -0.3 is 20.0 Å². The van der Waals surface area contributed by atoms with Gasteiger partial charge in [0, 0.05) is 45.8 Å². The number of halogens is 1. The van der Waals surface area contributed by atoms with Gasteiger partial charge in [-0.15, -0.1) is 0 Å². The van der Waals surface area contributed by atoms with E-state index in [1.54, 1.807) is 31.0 Å². The molecule has 0 radical (unpaired) electrons. The van der Waals surface area contributed by atoms with E-state index in [1.807, 2.05) is 7.05 Å². The molecule has 0 spiro atoms. The first-order valence-electron chi connectivity index (χ1n) is 10.6. The number of carbonyl (C=O) groups is 3. The molecule has 170 valence electrons. The minimum Gasteiger partial charge on any atom is -0.350 e. The first-order valence-corrected chi connectivity index (χ1v) is 10.6. The van der Waals surface area contributed by atoms with Crippen LogP contribution in [0.1, 0.15) is 33.5 Å². The summed E-state index contributed by atoms with van der Waals surface area (Å²) in [6.07, 6.45) is 0. The Bertz CT molecular complexity index is 1040. The lowest BCUT2D eigenvalue weighted by atomic mass is 9.96. The highest BCUT2D eigenvalue weighted by Crippen LogP contribution is 2.26. The highest BCUT2D eigenvalue weighted by atomic mass is 19.1. The molecular formula is C22H27FN6O3. The van der Waals surface area contributed by atoms with Crippen LogP contribution in [0.15, 0.2) is 30.3 Å². The van der Waals surface area contributed by atoms with Crippen molar-refractivity contribution in [1.82, 2.24) is 29.8 Å². The van der Waals surface area contributed by atoms with E-state index in [0.29, 0.717) is 13.1 Å². The largest absolute Gasteiger partial charge is 0.350 e. The molecule has 1 atom stereocenters. The van der Waals surface area contributed by atoms with Gasteiger partial charge in [0.15, 0.2) is 5.69 Å². The van der Waals surface area contributed by atoms with Gasteiger partial charge in [0.2, 0.25) is 5.91 Å². The maximum absolute atomic E-state index is 13.1. The van der Waals surface area contributed by atoms with E-state index in [9.17, 15) is 18.8 Å². The SMILES string of the molecule is CN1CCN(C(=O)c2cc3n(n2)CC(C)(C(=O)NCc2ccc(F)cc2)N(C)C3=O)CC1. The van der Waals surface area contributed by atoms with Crippen LogP contribution in [0.3, 0.4) is 0 Å². The van der Waals surface area contributed by atoms with Crippen LogP contribution >= 0.6 is 0 Å². The molecule has 2 aromatic rings. The minimum absolute atomic E-state index is 0.121. The Morgan fingerprint density at radius 3 is 2.44 bits per heavy atom. The molecule has 32 heavy (non-hydrogen) atoms. The summed E-state index contributed by atoms with van der Waals surface area (Å²) < 4.78 is 14.5. The molecule has 1 N–H and O–H groups in total. The fraction of sp³-hybridized carbons (Fsp3) is 0.455. The third-order valence-corrected chi connectivity index (χ3v) is 6.37. The quantitative estimate of drug-likeness (QED) is 0.748.